The molecule has 3 unspecified atom stereocenters. The van der Waals surface area contributed by atoms with Crippen LogP contribution in [0.5, 0.6) is 0 Å². The molecule has 108 valence electrons. The van der Waals surface area contributed by atoms with Crippen LogP contribution in [-0.2, 0) is 6.42 Å². The molecule has 3 atom stereocenters. The summed E-state index contributed by atoms with van der Waals surface area (Å²) in [6.45, 7) is 0. The SMILES string of the molecule is NC(c1ccc(Cc2ccccc2)cc1)C1C2CCCC21. The summed E-state index contributed by atoms with van der Waals surface area (Å²) in [6.07, 6.45) is 5.25. The Morgan fingerprint density at radius 3 is 2.14 bits per heavy atom. The standard InChI is InChI=1S/C20H23N/c21-20(19-17-7-4-8-18(17)19)16-11-9-15(10-12-16)13-14-5-2-1-3-6-14/h1-3,5-6,9-12,17-20H,4,7-8,13,21H2. The van der Waals surface area contributed by atoms with Crippen LogP contribution in [0.2, 0.25) is 0 Å². The van der Waals surface area contributed by atoms with Crippen LogP contribution in [0.15, 0.2) is 54.6 Å². The largest absolute Gasteiger partial charge is 0.324 e. The van der Waals surface area contributed by atoms with Crippen LogP contribution >= 0.6 is 0 Å². The van der Waals surface area contributed by atoms with E-state index in [2.05, 4.69) is 54.6 Å². The van der Waals surface area contributed by atoms with Gasteiger partial charge in [0.05, 0.1) is 0 Å². The fourth-order valence-corrected chi connectivity index (χ4v) is 4.32. The van der Waals surface area contributed by atoms with Crippen LogP contribution in [0.1, 0.15) is 42.0 Å². The Balaban J connectivity index is 1.44. The quantitative estimate of drug-likeness (QED) is 0.884. The Hall–Kier alpha value is -1.60. The van der Waals surface area contributed by atoms with Crippen LogP contribution in [0.25, 0.3) is 0 Å². The second kappa shape index (κ2) is 5.31. The number of rotatable bonds is 4. The van der Waals surface area contributed by atoms with Crippen molar-refractivity contribution in [3.05, 3.63) is 71.3 Å². The molecule has 4 rings (SSSR count). The molecule has 2 saturated carbocycles. The lowest BCUT2D eigenvalue weighted by Gasteiger charge is -2.14. The van der Waals surface area contributed by atoms with Gasteiger partial charge in [0.25, 0.3) is 0 Å². The van der Waals surface area contributed by atoms with Crippen LogP contribution < -0.4 is 5.73 Å². The minimum Gasteiger partial charge on any atom is -0.324 e. The van der Waals surface area contributed by atoms with Crippen molar-refractivity contribution in [3.63, 3.8) is 0 Å². The maximum absolute atomic E-state index is 6.49. The second-order valence-electron chi connectivity index (χ2n) is 6.77. The molecule has 0 heterocycles. The molecule has 2 N–H and O–H groups in total. The first kappa shape index (κ1) is 13.1. The molecule has 21 heavy (non-hydrogen) atoms. The molecule has 2 aliphatic carbocycles. The van der Waals surface area contributed by atoms with Gasteiger partial charge in [-0.15, -0.1) is 0 Å². The van der Waals surface area contributed by atoms with Crippen LogP contribution in [0, 0.1) is 17.8 Å². The van der Waals surface area contributed by atoms with Crippen molar-refractivity contribution in [1.29, 1.82) is 0 Å². The van der Waals surface area contributed by atoms with E-state index in [1.165, 1.54) is 36.0 Å². The minimum atomic E-state index is 0.256. The van der Waals surface area contributed by atoms with Gasteiger partial charge in [0.1, 0.15) is 0 Å². The molecular formula is C20H23N. The van der Waals surface area contributed by atoms with E-state index in [0.29, 0.717) is 0 Å². The molecule has 2 aliphatic rings. The maximum Gasteiger partial charge on any atom is 0.0329 e. The molecule has 1 nitrogen and oxygen atoms in total. The minimum absolute atomic E-state index is 0.256. The van der Waals surface area contributed by atoms with Crippen molar-refractivity contribution in [2.24, 2.45) is 23.5 Å². The molecule has 0 aliphatic heterocycles. The highest BCUT2D eigenvalue weighted by atomic mass is 14.7. The molecular weight excluding hydrogens is 254 g/mol. The van der Waals surface area contributed by atoms with E-state index >= 15 is 0 Å². The third-order valence-corrected chi connectivity index (χ3v) is 5.50. The summed E-state index contributed by atoms with van der Waals surface area (Å²) in [5.74, 6) is 2.63. The number of hydrogen-bond acceptors (Lipinski definition) is 1. The second-order valence-corrected chi connectivity index (χ2v) is 6.77. The highest BCUT2D eigenvalue weighted by molar-refractivity contribution is 5.31. The summed E-state index contributed by atoms with van der Waals surface area (Å²) >= 11 is 0. The number of benzene rings is 2. The van der Waals surface area contributed by atoms with Gasteiger partial charge in [-0.2, -0.15) is 0 Å². The average molecular weight is 277 g/mol. The van der Waals surface area contributed by atoms with Crippen LogP contribution in [0.3, 0.4) is 0 Å². The first-order chi connectivity index (χ1) is 10.3. The smallest absolute Gasteiger partial charge is 0.0329 e. The lowest BCUT2D eigenvalue weighted by atomic mass is 9.96. The van der Waals surface area contributed by atoms with E-state index in [4.69, 9.17) is 5.73 Å². The van der Waals surface area contributed by atoms with Gasteiger partial charge in [0.15, 0.2) is 0 Å². The molecule has 0 bridgehead atoms. The van der Waals surface area contributed by atoms with Gasteiger partial charge in [-0.25, -0.2) is 0 Å². The summed E-state index contributed by atoms with van der Waals surface area (Å²) in [5, 5.41) is 0. The molecule has 0 aromatic heterocycles. The molecule has 2 fully saturated rings. The Morgan fingerprint density at radius 1 is 0.857 bits per heavy atom. The van der Waals surface area contributed by atoms with E-state index in [1.807, 2.05) is 0 Å². The van der Waals surface area contributed by atoms with Crippen LogP contribution in [0.4, 0.5) is 0 Å². The zero-order valence-electron chi connectivity index (χ0n) is 12.4. The van der Waals surface area contributed by atoms with Crippen molar-refractivity contribution in [2.45, 2.75) is 31.7 Å². The summed E-state index contributed by atoms with van der Waals surface area (Å²) in [6, 6.07) is 19.9. The van der Waals surface area contributed by atoms with E-state index in [9.17, 15) is 0 Å². The summed E-state index contributed by atoms with van der Waals surface area (Å²) < 4.78 is 0. The number of fused-ring (bicyclic) bond motifs is 1. The highest BCUT2D eigenvalue weighted by Crippen LogP contribution is 2.61. The van der Waals surface area contributed by atoms with Crippen molar-refractivity contribution in [2.75, 3.05) is 0 Å². The molecule has 1 heteroatoms. The molecule has 0 spiro atoms. The lowest BCUT2D eigenvalue weighted by molar-refractivity contribution is 0.502. The van der Waals surface area contributed by atoms with Crippen molar-refractivity contribution < 1.29 is 0 Å². The van der Waals surface area contributed by atoms with Gasteiger partial charge in [-0.05, 0) is 53.7 Å². The zero-order chi connectivity index (χ0) is 14.2. The summed E-state index contributed by atoms with van der Waals surface area (Å²) in [4.78, 5) is 0. The van der Waals surface area contributed by atoms with Gasteiger partial charge in [-0.3, -0.25) is 0 Å². The zero-order valence-corrected chi connectivity index (χ0v) is 12.4. The first-order valence-corrected chi connectivity index (χ1v) is 8.21. The average Bonchev–Trinajstić information content (AvgIpc) is 3.00. The van der Waals surface area contributed by atoms with E-state index < -0.39 is 0 Å². The normalized spacial score (nSPS) is 28.1. The first-order valence-electron chi connectivity index (χ1n) is 8.21. The molecule has 0 amide bonds. The summed E-state index contributed by atoms with van der Waals surface area (Å²) in [7, 11) is 0. The van der Waals surface area contributed by atoms with Gasteiger partial charge in [-0.1, -0.05) is 61.0 Å². The van der Waals surface area contributed by atoms with Gasteiger partial charge >= 0.3 is 0 Å². The van der Waals surface area contributed by atoms with Crippen molar-refractivity contribution in [3.8, 4) is 0 Å². The third-order valence-electron chi connectivity index (χ3n) is 5.50. The van der Waals surface area contributed by atoms with E-state index in [1.54, 1.807) is 0 Å². The third kappa shape index (κ3) is 2.51. The number of nitrogens with two attached hydrogens (primary N) is 1. The molecule has 2 aromatic rings. The maximum atomic E-state index is 6.49. The molecule has 2 aromatic carbocycles. The number of hydrogen-bond donors (Lipinski definition) is 1. The Bertz CT molecular complexity index is 591. The van der Waals surface area contributed by atoms with Crippen LogP contribution in [-0.4, -0.2) is 0 Å². The Labute approximate surface area is 127 Å². The predicted octanol–water partition coefficient (Wildman–Crippen LogP) is 4.32. The van der Waals surface area contributed by atoms with E-state index in [-0.39, 0.29) is 6.04 Å². The van der Waals surface area contributed by atoms with Gasteiger partial charge in [0, 0.05) is 6.04 Å². The van der Waals surface area contributed by atoms with Crippen molar-refractivity contribution in [1.82, 2.24) is 0 Å². The van der Waals surface area contributed by atoms with E-state index in [0.717, 1.165) is 24.2 Å². The van der Waals surface area contributed by atoms with Crippen molar-refractivity contribution >= 4 is 0 Å². The topological polar surface area (TPSA) is 26.0 Å². The Morgan fingerprint density at radius 2 is 1.48 bits per heavy atom. The monoisotopic (exact) mass is 277 g/mol. The van der Waals surface area contributed by atoms with Gasteiger partial charge in [0.2, 0.25) is 0 Å². The summed E-state index contributed by atoms with van der Waals surface area (Å²) in [5.41, 5.74) is 10.6. The molecule has 0 radical (unpaired) electrons. The fourth-order valence-electron chi connectivity index (χ4n) is 4.32. The fraction of sp³-hybridized carbons (Fsp3) is 0.400. The van der Waals surface area contributed by atoms with Gasteiger partial charge < -0.3 is 5.73 Å². The molecule has 0 saturated heterocycles. The Kier molecular flexibility index (Phi) is 3.31. The predicted molar refractivity (Wildman–Crippen MR) is 86.9 cm³/mol. The lowest BCUT2D eigenvalue weighted by Crippen LogP contribution is -2.15. The highest BCUT2D eigenvalue weighted by Gasteiger charge is 2.55.